The standard InChI is InChI=1S/C22H36O3Si/c1-17(19(23)21(5,6)25-26(7,8)9)22(24,20(2,3)4)16-15-18-13-11-10-12-14-18/h10-17,24H,1-9H3/b16-15+. The van der Waals surface area contributed by atoms with Gasteiger partial charge < -0.3 is 9.53 Å². The number of carbonyl (C=O) groups is 1. The van der Waals surface area contributed by atoms with Gasteiger partial charge in [-0.1, -0.05) is 70.2 Å². The summed E-state index contributed by atoms with van der Waals surface area (Å²) in [7, 11) is -1.90. The summed E-state index contributed by atoms with van der Waals surface area (Å²) in [4.78, 5) is 13.3. The monoisotopic (exact) mass is 376 g/mol. The Morgan fingerprint density at radius 2 is 1.58 bits per heavy atom. The van der Waals surface area contributed by atoms with E-state index in [0.717, 1.165) is 5.56 Å². The summed E-state index contributed by atoms with van der Waals surface area (Å²) in [6.07, 6.45) is 3.66. The molecule has 2 atom stereocenters. The minimum atomic E-state index is -1.90. The van der Waals surface area contributed by atoms with Crippen LogP contribution in [0.15, 0.2) is 36.4 Å². The molecule has 1 aromatic carbocycles. The molecule has 0 aliphatic heterocycles. The molecular formula is C22H36O3Si. The molecule has 0 fully saturated rings. The van der Waals surface area contributed by atoms with Gasteiger partial charge in [0.25, 0.3) is 0 Å². The van der Waals surface area contributed by atoms with Gasteiger partial charge in [-0.3, -0.25) is 4.79 Å². The van der Waals surface area contributed by atoms with Gasteiger partial charge in [0, 0.05) is 0 Å². The van der Waals surface area contributed by atoms with Crippen LogP contribution >= 0.6 is 0 Å². The molecule has 0 bridgehead atoms. The third-order valence-corrected chi connectivity index (χ3v) is 5.86. The van der Waals surface area contributed by atoms with Crippen LogP contribution in [0.4, 0.5) is 0 Å². The third kappa shape index (κ3) is 5.63. The average Bonchev–Trinajstić information content (AvgIpc) is 2.48. The lowest BCUT2D eigenvalue weighted by Gasteiger charge is -2.45. The summed E-state index contributed by atoms with van der Waals surface area (Å²) < 4.78 is 6.13. The fraction of sp³-hybridized carbons (Fsp3) is 0.591. The van der Waals surface area contributed by atoms with Crippen molar-refractivity contribution in [1.82, 2.24) is 0 Å². The van der Waals surface area contributed by atoms with Crippen molar-refractivity contribution in [3.63, 3.8) is 0 Å². The van der Waals surface area contributed by atoms with Gasteiger partial charge in [-0.2, -0.15) is 0 Å². The quantitative estimate of drug-likeness (QED) is 0.656. The highest BCUT2D eigenvalue weighted by Gasteiger charge is 2.49. The highest BCUT2D eigenvalue weighted by Crippen LogP contribution is 2.41. The summed E-state index contributed by atoms with van der Waals surface area (Å²) in [6, 6.07) is 9.81. The van der Waals surface area contributed by atoms with Gasteiger partial charge in [-0.05, 0) is 44.5 Å². The minimum Gasteiger partial charge on any atom is -0.406 e. The molecule has 26 heavy (non-hydrogen) atoms. The molecule has 1 N–H and O–H groups in total. The topological polar surface area (TPSA) is 46.5 Å². The van der Waals surface area contributed by atoms with Crippen LogP contribution < -0.4 is 0 Å². The van der Waals surface area contributed by atoms with Gasteiger partial charge in [0.15, 0.2) is 14.1 Å². The van der Waals surface area contributed by atoms with Crippen LogP contribution in [-0.2, 0) is 9.22 Å². The molecule has 146 valence electrons. The number of rotatable bonds is 7. The Balaban J connectivity index is 3.23. The lowest BCUT2D eigenvalue weighted by Crippen LogP contribution is -2.55. The number of Topliss-reactive ketones (excluding diaryl/α,β-unsaturated/α-hetero) is 1. The van der Waals surface area contributed by atoms with E-state index in [-0.39, 0.29) is 5.78 Å². The first kappa shape index (κ1) is 22.8. The second-order valence-electron chi connectivity index (χ2n) is 9.63. The van der Waals surface area contributed by atoms with E-state index in [1.165, 1.54) is 0 Å². The third-order valence-electron chi connectivity index (χ3n) is 4.74. The van der Waals surface area contributed by atoms with Crippen molar-refractivity contribution in [3.8, 4) is 0 Å². The van der Waals surface area contributed by atoms with Crippen molar-refractivity contribution in [3.05, 3.63) is 42.0 Å². The first-order chi connectivity index (χ1) is 11.6. The molecule has 0 radical (unpaired) electrons. The zero-order chi connectivity index (χ0) is 20.4. The second kappa shape index (κ2) is 7.79. The Morgan fingerprint density at radius 1 is 1.08 bits per heavy atom. The maximum atomic E-state index is 13.3. The van der Waals surface area contributed by atoms with E-state index < -0.39 is 30.9 Å². The van der Waals surface area contributed by atoms with Gasteiger partial charge in [-0.25, -0.2) is 0 Å². The number of carbonyl (C=O) groups excluding carboxylic acids is 1. The van der Waals surface area contributed by atoms with Crippen LogP contribution in [0, 0.1) is 11.3 Å². The van der Waals surface area contributed by atoms with Crippen molar-refractivity contribution in [2.75, 3.05) is 0 Å². The molecule has 0 spiro atoms. The van der Waals surface area contributed by atoms with E-state index in [1.807, 2.05) is 71.0 Å². The Labute approximate surface area is 160 Å². The fourth-order valence-corrected chi connectivity index (χ4v) is 5.00. The van der Waals surface area contributed by atoms with E-state index in [1.54, 1.807) is 13.0 Å². The lowest BCUT2D eigenvalue weighted by molar-refractivity contribution is -0.149. The van der Waals surface area contributed by atoms with Crippen molar-refractivity contribution in [2.24, 2.45) is 11.3 Å². The highest BCUT2D eigenvalue weighted by molar-refractivity contribution is 6.70. The summed E-state index contributed by atoms with van der Waals surface area (Å²) in [5.74, 6) is -0.677. The van der Waals surface area contributed by atoms with Crippen LogP contribution in [0.2, 0.25) is 19.6 Å². The van der Waals surface area contributed by atoms with Gasteiger partial charge in [0.05, 0.1) is 11.5 Å². The molecule has 0 aliphatic carbocycles. The maximum absolute atomic E-state index is 13.3. The lowest BCUT2D eigenvalue weighted by atomic mass is 9.66. The molecule has 1 aromatic rings. The molecule has 0 heterocycles. The number of benzene rings is 1. The Hall–Kier alpha value is -1.23. The van der Waals surface area contributed by atoms with Crippen molar-refractivity contribution < 1.29 is 14.3 Å². The normalized spacial score (nSPS) is 17.2. The number of aliphatic hydroxyl groups is 1. The predicted molar refractivity (Wildman–Crippen MR) is 113 cm³/mol. The molecule has 0 aliphatic rings. The van der Waals surface area contributed by atoms with Crippen molar-refractivity contribution >= 4 is 20.2 Å². The number of hydrogen-bond acceptors (Lipinski definition) is 3. The molecule has 0 saturated carbocycles. The van der Waals surface area contributed by atoms with Crippen LogP contribution in [-0.4, -0.2) is 30.4 Å². The molecule has 4 heteroatoms. The summed E-state index contributed by atoms with van der Waals surface area (Å²) >= 11 is 0. The van der Waals surface area contributed by atoms with E-state index in [0.29, 0.717) is 0 Å². The van der Waals surface area contributed by atoms with Crippen LogP contribution in [0.1, 0.15) is 47.1 Å². The summed E-state index contributed by atoms with van der Waals surface area (Å²) in [5.41, 5.74) is -1.74. The SMILES string of the molecule is CC(C(=O)C(C)(C)O[Si](C)(C)C)C(O)(/C=C/c1ccccc1)C(C)(C)C. The Morgan fingerprint density at radius 3 is 2.00 bits per heavy atom. The Kier molecular flexibility index (Phi) is 6.83. The molecule has 0 saturated heterocycles. The van der Waals surface area contributed by atoms with E-state index in [9.17, 15) is 9.90 Å². The fourth-order valence-electron chi connectivity index (χ4n) is 3.37. The highest BCUT2D eigenvalue weighted by atomic mass is 28.4. The molecule has 0 amide bonds. The smallest absolute Gasteiger partial charge is 0.185 e. The van der Waals surface area contributed by atoms with Crippen molar-refractivity contribution in [1.29, 1.82) is 0 Å². The largest absolute Gasteiger partial charge is 0.406 e. The first-order valence-electron chi connectivity index (χ1n) is 9.31. The molecule has 0 aromatic heterocycles. The zero-order valence-corrected chi connectivity index (χ0v) is 18.9. The van der Waals surface area contributed by atoms with Gasteiger partial charge in [-0.15, -0.1) is 0 Å². The summed E-state index contributed by atoms with van der Waals surface area (Å²) in [6.45, 7) is 17.5. The van der Waals surface area contributed by atoms with Gasteiger partial charge >= 0.3 is 0 Å². The van der Waals surface area contributed by atoms with Crippen molar-refractivity contribution in [2.45, 2.75) is 72.4 Å². The zero-order valence-electron chi connectivity index (χ0n) is 17.9. The van der Waals surface area contributed by atoms with Crippen LogP contribution in [0.3, 0.4) is 0 Å². The first-order valence-corrected chi connectivity index (χ1v) is 12.7. The molecular weight excluding hydrogens is 340 g/mol. The van der Waals surface area contributed by atoms with Crippen LogP contribution in [0.25, 0.3) is 6.08 Å². The van der Waals surface area contributed by atoms with E-state index >= 15 is 0 Å². The van der Waals surface area contributed by atoms with Gasteiger partial charge in [0.1, 0.15) is 5.60 Å². The van der Waals surface area contributed by atoms with E-state index in [2.05, 4.69) is 19.6 Å². The van der Waals surface area contributed by atoms with Crippen LogP contribution in [0.5, 0.6) is 0 Å². The van der Waals surface area contributed by atoms with Gasteiger partial charge in [0.2, 0.25) is 0 Å². The maximum Gasteiger partial charge on any atom is 0.185 e. The molecule has 1 rings (SSSR count). The average molecular weight is 377 g/mol. The predicted octanol–water partition coefficient (Wildman–Crippen LogP) is 5.31. The summed E-state index contributed by atoms with van der Waals surface area (Å²) in [5, 5.41) is 11.6. The second-order valence-corrected chi connectivity index (χ2v) is 14.1. The minimum absolute atomic E-state index is 0.0740. The molecule has 2 unspecified atom stereocenters. The number of ketones is 1. The van der Waals surface area contributed by atoms with E-state index in [4.69, 9.17) is 4.43 Å². The number of hydrogen-bond donors (Lipinski definition) is 1. The molecule has 3 nitrogen and oxygen atoms in total. The Bertz CT molecular complexity index is 636.